The van der Waals surface area contributed by atoms with E-state index in [4.69, 9.17) is 19.9 Å². The molecule has 0 saturated carbocycles. The number of guanidine groups is 1. The Morgan fingerprint density at radius 2 is 1.98 bits per heavy atom. The third kappa shape index (κ3) is 7.51. The number of nitrogens with zero attached hydrogens (tertiary/aromatic N) is 2. The van der Waals surface area contributed by atoms with Crippen LogP contribution in [0.3, 0.4) is 0 Å². The summed E-state index contributed by atoms with van der Waals surface area (Å²) >= 11 is 0. The van der Waals surface area contributed by atoms with Crippen molar-refractivity contribution >= 4 is 45.0 Å². The number of rotatable bonds is 15. The van der Waals surface area contributed by atoms with Gasteiger partial charge in [0.2, 0.25) is 17.7 Å². The van der Waals surface area contributed by atoms with E-state index in [-0.39, 0.29) is 30.8 Å². The number of carbonyl (C=O) groups is 5. The molecule has 2 heterocycles. The number of aliphatic carboxylic acids is 1. The summed E-state index contributed by atoms with van der Waals surface area (Å²) in [4.78, 5) is 69.2. The number of esters is 1. The first kappa shape index (κ1) is 36.8. The summed E-state index contributed by atoms with van der Waals surface area (Å²) in [6.45, 7) is 1.88. The number of aliphatic imine (C=N–C) groups is 1. The zero-order valence-electron chi connectivity index (χ0n) is 28.5. The maximum atomic E-state index is 13.7. The molecule has 0 radical (unpaired) electrons. The van der Waals surface area contributed by atoms with Crippen molar-refractivity contribution in [3.63, 3.8) is 0 Å². The van der Waals surface area contributed by atoms with Crippen LogP contribution >= 0.6 is 9.39 Å². The number of hydrogen-bond acceptors (Lipinski definition) is 10. The van der Waals surface area contributed by atoms with Gasteiger partial charge in [-0.05, 0) is 85.1 Å². The van der Waals surface area contributed by atoms with Crippen LogP contribution in [0.1, 0.15) is 56.6 Å². The van der Waals surface area contributed by atoms with Crippen LogP contribution in [-0.2, 0) is 40.5 Å². The minimum absolute atomic E-state index is 0.200. The molecule has 17 heteroatoms. The Bertz CT molecular complexity index is 1590. The zero-order valence-corrected chi connectivity index (χ0v) is 29.6. The first-order valence-corrected chi connectivity index (χ1v) is 17.3. The van der Waals surface area contributed by atoms with E-state index in [0.717, 1.165) is 24.9 Å². The summed E-state index contributed by atoms with van der Waals surface area (Å²) in [5, 5.41) is 19.5. The van der Waals surface area contributed by atoms with Crippen molar-refractivity contribution in [2.24, 2.45) is 16.6 Å². The van der Waals surface area contributed by atoms with E-state index in [1.165, 1.54) is 12.5 Å². The summed E-state index contributed by atoms with van der Waals surface area (Å²) in [6.07, 6.45) is 3.56. The Morgan fingerprint density at radius 1 is 1.20 bits per heavy atom. The number of methoxy groups -OCH3 is 1. The molecule has 2 unspecified atom stereocenters. The van der Waals surface area contributed by atoms with Crippen LogP contribution in [0.15, 0.2) is 29.0 Å². The topological polar surface area (TPSA) is 223 Å². The van der Waals surface area contributed by atoms with Gasteiger partial charge in [-0.15, -0.1) is 0 Å². The predicted molar refractivity (Wildman–Crippen MR) is 184 cm³/mol. The standard InChI is InChI=1S/C33H46N7O9P/c1-17(41)37-20(5-4-13-35-32(34)39-50)30(45)36-16-25(42)38-21(8-11-26(43)44)31(46)48-24-10-7-19-22-15-18-6-9-23(47-3)28-27(18)33(19,29(24)49-28)12-14-40(22)2/h6,9-10,19-22,29H,4-5,7-8,11-16,50H2,1-3H3,(H,36,45)(H,37,41)(H,38,42)(H,43,44)(H3,34,35,39)/t19-,20-,21?,22+,29-,33-/m0/s1. The Kier molecular flexibility index (Phi) is 11.5. The van der Waals surface area contributed by atoms with Crippen molar-refractivity contribution in [1.82, 2.24) is 25.9 Å². The maximum absolute atomic E-state index is 13.7. The highest BCUT2D eigenvalue weighted by molar-refractivity contribution is 7.15. The van der Waals surface area contributed by atoms with Crippen LogP contribution in [0.4, 0.5) is 0 Å². The highest BCUT2D eigenvalue weighted by atomic mass is 31.0. The van der Waals surface area contributed by atoms with Gasteiger partial charge >= 0.3 is 11.9 Å². The zero-order chi connectivity index (χ0) is 36.2. The van der Waals surface area contributed by atoms with E-state index in [9.17, 15) is 29.1 Å². The lowest BCUT2D eigenvalue weighted by atomic mass is 9.53. The first-order chi connectivity index (χ1) is 23.9. The van der Waals surface area contributed by atoms with Gasteiger partial charge in [0.25, 0.3) is 0 Å². The molecule has 7 N–H and O–H groups in total. The number of hydrogen-bond donors (Lipinski definition) is 6. The van der Waals surface area contributed by atoms with Crippen molar-refractivity contribution in [2.45, 2.75) is 81.5 Å². The molecule has 1 saturated heterocycles. The number of ether oxygens (including phenoxy) is 3. The number of piperidine rings is 1. The van der Waals surface area contributed by atoms with E-state index >= 15 is 0 Å². The number of carbonyl (C=O) groups excluding carboxylic acids is 4. The Hall–Kier alpha value is -4.43. The minimum Gasteiger partial charge on any atom is -0.493 e. The third-order valence-electron chi connectivity index (χ3n) is 10.1. The molecule has 1 aromatic rings. The summed E-state index contributed by atoms with van der Waals surface area (Å²) in [7, 11) is 5.94. The average molecular weight is 716 g/mol. The second-order valence-corrected chi connectivity index (χ2v) is 13.4. The second kappa shape index (κ2) is 15.6. The fourth-order valence-corrected chi connectivity index (χ4v) is 7.95. The van der Waals surface area contributed by atoms with Crippen LogP contribution in [0.5, 0.6) is 11.5 Å². The molecule has 1 spiro atoms. The van der Waals surface area contributed by atoms with Crippen LogP contribution < -0.4 is 36.2 Å². The summed E-state index contributed by atoms with van der Waals surface area (Å²) in [5.41, 5.74) is 7.45. The molecule has 2 aliphatic heterocycles. The number of carboxylic acids is 1. The lowest BCUT2D eigenvalue weighted by molar-refractivity contribution is -0.147. The first-order valence-electron chi connectivity index (χ1n) is 16.7. The molecule has 272 valence electrons. The second-order valence-electron chi connectivity index (χ2n) is 13.1. The van der Waals surface area contributed by atoms with Gasteiger partial charge in [-0.25, -0.2) is 4.79 Å². The van der Waals surface area contributed by atoms with E-state index in [0.29, 0.717) is 36.6 Å². The van der Waals surface area contributed by atoms with E-state index in [2.05, 4.69) is 53.4 Å². The molecule has 4 aliphatic rings. The third-order valence-corrected chi connectivity index (χ3v) is 10.4. The van der Waals surface area contributed by atoms with Crippen LogP contribution in [-0.4, -0.2) is 104 Å². The lowest BCUT2D eigenvalue weighted by Gasteiger charge is -2.56. The smallest absolute Gasteiger partial charge is 0.333 e. The normalized spacial score (nSPS) is 24.4. The van der Waals surface area contributed by atoms with Gasteiger partial charge in [-0.2, -0.15) is 0 Å². The molecule has 1 aromatic carbocycles. The Labute approximate surface area is 292 Å². The van der Waals surface area contributed by atoms with E-state index in [1.807, 2.05) is 12.1 Å². The monoisotopic (exact) mass is 715 g/mol. The van der Waals surface area contributed by atoms with Crippen molar-refractivity contribution in [1.29, 1.82) is 0 Å². The molecular weight excluding hydrogens is 669 g/mol. The van der Waals surface area contributed by atoms with Gasteiger partial charge in [0.1, 0.15) is 17.8 Å². The summed E-state index contributed by atoms with van der Waals surface area (Å²) in [5.74, 6) is -1.77. The quantitative estimate of drug-likeness (QED) is 0.0459. The van der Waals surface area contributed by atoms with Crippen LogP contribution in [0.25, 0.3) is 0 Å². The van der Waals surface area contributed by atoms with Gasteiger partial charge in [-0.3, -0.25) is 24.2 Å². The van der Waals surface area contributed by atoms with Gasteiger partial charge < -0.3 is 51.0 Å². The number of likely N-dealkylation sites (tertiary alicyclic amines) is 1. The number of amides is 3. The van der Waals surface area contributed by atoms with Crippen LogP contribution in [0, 0.1) is 5.92 Å². The molecule has 5 rings (SSSR count). The molecule has 0 aromatic heterocycles. The van der Waals surface area contributed by atoms with Gasteiger partial charge in [-0.1, -0.05) is 6.07 Å². The molecule has 3 amide bonds. The summed E-state index contributed by atoms with van der Waals surface area (Å²) < 4.78 is 18.3. The number of allylic oxidation sites excluding steroid dienone is 1. The van der Waals surface area contributed by atoms with E-state index < -0.39 is 66.2 Å². The van der Waals surface area contributed by atoms with Crippen LogP contribution in [0.2, 0.25) is 0 Å². The number of carboxylic acid groups (broad SMARTS) is 1. The van der Waals surface area contributed by atoms with Crippen molar-refractivity contribution in [3.05, 3.63) is 35.1 Å². The van der Waals surface area contributed by atoms with Crippen molar-refractivity contribution in [3.8, 4) is 11.5 Å². The number of nitrogens with one attached hydrogen (secondary N) is 4. The molecule has 50 heavy (non-hydrogen) atoms. The number of likely N-dealkylation sites (N-methyl/N-ethyl adjacent to an activating group) is 1. The molecule has 16 nitrogen and oxygen atoms in total. The molecule has 1 fully saturated rings. The Balaban J connectivity index is 1.27. The van der Waals surface area contributed by atoms with Crippen molar-refractivity contribution < 1.29 is 43.3 Å². The summed E-state index contributed by atoms with van der Waals surface area (Å²) in [6, 6.07) is 2.00. The Morgan fingerprint density at radius 3 is 2.68 bits per heavy atom. The number of nitrogens with two attached hydrogens (primary N) is 1. The molecule has 7 atom stereocenters. The molecule has 2 bridgehead atoms. The highest BCUT2D eigenvalue weighted by Gasteiger charge is 2.65. The van der Waals surface area contributed by atoms with Gasteiger partial charge in [0.05, 0.1) is 13.7 Å². The maximum Gasteiger partial charge on any atom is 0.333 e. The fourth-order valence-electron chi connectivity index (χ4n) is 7.86. The van der Waals surface area contributed by atoms with Gasteiger partial charge in [0, 0.05) is 36.9 Å². The SMILES string of the molecule is COc1ccc2c3c1O[C@H]1C(OC(=O)C(CCC(=O)O)NC(=O)CNC(=O)[C@H](CCCN=C(N)NP)NC(C)=O)=CC[C@H]4[C@@H](C2)N(C)CC[C@]314. The van der Waals surface area contributed by atoms with E-state index in [1.54, 1.807) is 7.11 Å². The fraction of sp³-hybridized carbons (Fsp3) is 0.576. The molecular formula is C33H46N7O9P. The highest BCUT2D eigenvalue weighted by Crippen LogP contribution is 2.63. The van der Waals surface area contributed by atoms with Gasteiger partial charge in [0.15, 0.2) is 23.6 Å². The predicted octanol–water partition coefficient (Wildman–Crippen LogP) is -0.154. The average Bonchev–Trinajstić information content (AvgIpc) is 3.44. The largest absolute Gasteiger partial charge is 0.493 e. The van der Waals surface area contributed by atoms with Crippen molar-refractivity contribution in [2.75, 3.05) is 33.8 Å². The minimum atomic E-state index is -1.32. The number of benzene rings is 1. The molecule has 2 aliphatic carbocycles. The lowest BCUT2D eigenvalue weighted by Crippen LogP contribution is -2.63.